The summed E-state index contributed by atoms with van der Waals surface area (Å²) >= 11 is 9.20. The molecule has 4 heteroatoms. The third kappa shape index (κ3) is 4.17. The largest absolute Gasteiger partial charge is 0.391 e. The summed E-state index contributed by atoms with van der Waals surface area (Å²) in [6, 6.07) is 15.3. The van der Waals surface area contributed by atoms with Gasteiger partial charge in [0.2, 0.25) is 0 Å². The normalized spacial score (nSPS) is 10.8. The predicted octanol–water partition coefficient (Wildman–Crippen LogP) is 4.65. The van der Waals surface area contributed by atoms with Gasteiger partial charge in [-0.05, 0) is 35.4 Å². The van der Waals surface area contributed by atoms with Crippen LogP contribution in [0.15, 0.2) is 58.2 Å². The maximum atomic E-state index is 5.79. The molecule has 0 aliphatic carbocycles. The van der Waals surface area contributed by atoms with Crippen LogP contribution >= 0.6 is 27.5 Å². The molecule has 0 atom stereocenters. The monoisotopic (exact) mass is 323 g/mol. The second-order valence-corrected chi connectivity index (χ2v) is 5.04. The van der Waals surface area contributed by atoms with E-state index in [1.165, 1.54) is 0 Å². The fourth-order valence-electron chi connectivity index (χ4n) is 1.39. The third-order valence-electron chi connectivity index (χ3n) is 2.27. The number of nitrogens with zero attached hydrogens (tertiary/aromatic N) is 1. The van der Waals surface area contributed by atoms with E-state index in [4.69, 9.17) is 16.4 Å². The molecule has 0 heterocycles. The van der Waals surface area contributed by atoms with Crippen molar-refractivity contribution in [3.63, 3.8) is 0 Å². The highest BCUT2D eigenvalue weighted by Crippen LogP contribution is 2.12. The number of rotatable bonds is 4. The molecule has 0 N–H and O–H groups in total. The molecule has 2 nitrogen and oxygen atoms in total. The van der Waals surface area contributed by atoms with E-state index >= 15 is 0 Å². The van der Waals surface area contributed by atoms with Crippen LogP contribution in [0.4, 0.5) is 0 Å². The second kappa shape index (κ2) is 6.57. The average Bonchev–Trinajstić information content (AvgIpc) is 2.37. The molecule has 0 radical (unpaired) electrons. The molecule has 2 rings (SSSR count). The van der Waals surface area contributed by atoms with Gasteiger partial charge in [0.05, 0.1) is 6.21 Å². The Labute approximate surface area is 119 Å². The van der Waals surface area contributed by atoms with Crippen molar-refractivity contribution in [3.8, 4) is 0 Å². The molecule has 2 aromatic carbocycles. The molecule has 92 valence electrons. The third-order valence-corrected chi connectivity index (χ3v) is 3.01. The Balaban J connectivity index is 1.87. The number of benzene rings is 2. The van der Waals surface area contributed by atoms with Gasteiger partial charge in [0.1, 0.15) is 6.61 Å². The van der Waals surface area contributed by atoms with E-state index < -0.39 is 0 Å². The fourth-order valence-corrected chi connectivity index (χ4v) is 1.96. The van der Waals surface area contributed by atoms with Gasteiger partial charge in [-0.2, -0.15) is 0 Å². The summed E-state index contributed by atoms with van der Waals surface area (Å²) in [5.41, 5.74) is 2.02. The van der Waals surface area contributed by atoms with Crippen LogP contribution in [0.5, 0.6) is 0 Å². The van der Waals surface area contributed by atoms with E-state index in [2.05, 4.69) is 21.1 Å². The first-order valence-corrected chi connectivity index (χ1v) is 6.56. The average molecular weight is 325 g/mol. The summed E-state index contributed by atoms with van der Waals surface area (Å²) in [7, 11) is 0. The van der Waals surface area contributed by atoms with Crippen LogP contribution < -0.4 is 0 Å². The van der Waals surface area contributed by atoms with E-state index in [1.54, 1.807) is 6.21 Å². The van der Waals surface area contributed by atoms with Crippen molar-refractivity contribution in [3.05, 3.63) is 69.2 Å². The minimum absolute atomic E-state index is 0.448. The number of halogens is 2. The van der Waals surface area contributed by atoms with Gasteiger partial charge in [0, 0.05) is 9.50 Å². The second-order valence-electron chi connectivity index (χ2n) is 3.69. The molecule has 18 heavy (non-hydrogen) atoms. The Hall–Kier alpha value is -1.32. The van der Waals surface area contributed by atoms with Crippen molar-refractivity contribution in [2.75, 3.05) is 0 Å². The maximum Gasteiger partial charge on any atom is 0.142 e. The van der Waals surface area contributed by atoms with Crippen LogP contribution in [0.3, 0.4) is 0 Å². The lowest BCUT2D eigenvalue weighted by Crippen LogP contribution is -1.88. The smallest absolute Gasteiger partial charge is 0.142 e. The number of oxime groups is 1. The molecule has 0 aliphatic rings. The van der Waals surface area contributed by atoms with E-state index in [0.717, 1.165) is 15.6 Å². The summed E-state index contributed by atoms with van der Waals surface area (Å²) in [6.45, 7) is 0.448. The zero-order valence-electron chi connectivity index (χ0n) is 9.51. The van der Waals surface area contributed by atoms with Gasteiger partial charge in [-0.25, -0.2) is 0 Å². The summed E-state index contributed by atoms with van der Waals surface area (Å²) in [4.78, 5) is 5.22. The van der Waals surface area contributed by atoms with Crippen molar-refractivity contribution in [1.82, 2.24) is 0 Å². The Morgan fingerprint density at radius 2 is 1.94 bits per heavy atom. The van der Waals surface area contributed by atoms with Crippen LogP contribution in [-0.4, -0.2) is 6.21 Å². The van der Waals surface area contributed by atoms with Crippen molar-refractivity contribution in [2.24, 2.45) is 5.16 Å². The van der Waals surface area contributed by atoms with Crippen molar-refractivity contribution >= 4 is 33.7 Å². The highest BCUT2D eigenvalue weighted by Gasteiger charge is 1.93. The standard InChI is InChI=1S/C14H11BrClNO/c15-13-3-1-2-12(8-13)10-18-17-9-11-4-6-14(16)7-5-11/h1-9H,10H2/b17-9+. The van der Waals surface area contributed by atoms with Gasteiger partial charge in [-0.3, -0.25) is 0 Å². The molecule has 0 aromatic heterocycles. The molecular formula is C14H11BrClNO. The molecule has 0 amide bonds. The van der Waals surface area contributed by atoms with E-state index in [9.17, 15) is 0 Å². The number of hydrogen-bond donors (Lipinski definition) is 0. The summed E-state index contributed by atoms with van der Waals surface area (Å²) in [5.74, 6) is 0. The molecule has 0 bridgehead atoms. The Kier molecular flexibility index (Phi) is 4.79. The quantitative estimate of drug-likeness (QED) is 0.592. The van der Waals surface area contributed by atoms with Crippen LogP contribution in [0.1, 0.15) is 11.1 Å². The van der Waals surface area contributed by atoms with Gasteiger partial charge in [0.15, 0.2) is 0 Å². The fraction of sp³-hybridized carbons (Fsp3) is 0.0714. The first-order valence-electron chi connectivity index (χ1n) is 5.39. The van der Waals surface area contributed by atoms with Crippen LogP contribution in [0, 0.1) is 0 Å². The van der Waals surface area contributed by atoms with Gasteiger partial charge in [-0.15, -0.1) is 0 Å². The molecule has 0 saturated carbocycles. The molecule has 2 aromatic rings. The molecular weight excluding hydrogens is 314 g/mol. The van der Waals surface area contributed by atoms with Crippen LogP contribution in [0.2, 0.25) is 5.02 Å². The first kappa shape index (κ1) is 13.1. The molecule has 0 fully saturated rings. The SMILES string of the molecule is Clc1ccc(/C=N/OCc2cccc(Br)c2)cc1. The Bertz CT molecular complexity index is 540. The lowest BCUT2D eigenvalue weighted by molar-refractivity contribution is 0.132. The first-order chi connectivity index (χ1) is 8.74. The van der Waals surface area contributed by atoms with Crippen molar-refractivity contribution in [2.45, 2.75) is 6.61 Å². The number of hydrogen-bond acceptors (Lipinski definition) is 2. The highest BCUT2D eigenvalue weighted by atomic mass is 79.9. The summed E-state index contributed by atoms with van der Waals surface area (Å²) in [5, 5.41) is 4.62. The van der Waals surface area contributed by atoms with E-state index in [1.807, 2.05) is 48.5 Å². The zero-order valence-corrected chi connectivity index (χ0v) is 11.9. The van der Waals surface area contributed by atoms with Gasteiger partial charge in [0.25, 0.3) is 0 Å². The Morgan fingerprint density at radius 1 is 1.17 bits per heavy atom. The van der Waals surface area contributed by atoms with Crippen LogP contribution in [0.25, 0.3) is 0 Å². The van der Waals surface area contributed by atoms with Gasteiger partial charge < -0.3 is 4.84 Å². The highest BCUT2D eigenvalue weighted by molar-refractivity contribution is 9.10. The molecule has 0 unspecified atom stereocenters. The Morgan fingerprint density at radius 3 is 2.67 bits per heavy atom. The van der Waals surface area contributed by atoms with Gasteiger partial charge >= 0.3 is 0 Å². The minimum Gasteiger partial charge on any atom is -0.391 e. The predicted molar refractivity (Wildman–Crippen MR) is 78.0 cm³/mol. The van der Waals surface area contributed by atoms with Crippen LogP contribution in [-0.2, 0) is 11.4 Å². The van der Waals surface area contributed by atoms with Gasteiger partial charge in [-0.1, -0.05) is 57.0 Å². The lowest BCUT2D eigenvalue weighted by Gasteiger charge is -2.00. The van der Waals surface area contributed by atoms with E-state index in [-0.39, 0.29) is 0 Å². The molecule has 0 saturated heterocycles. The summed E-state index contributed by atoms with van der Waals surface area (Å²) < 4.78 is 1.03. The van der Waals surface area contributed by atoms with Crippen molar-refractivity contribution in [1.29, 1.82) is 0 Å². The zero-order chi connectivity index (χ0) is 12.8. The lowest BCUT2D eigenvalue weighted by atomic mass is 10.2. The summed E-state index contributed by atoms with van der Waals surface area (Å²) in [6.07, 6.45) is 1.66. The van der Waals surface area contributed by atoms with E-state index in [0.29, 0.717) is 11.6 Å². The molecule has 0 spiro atoms. The molecule has 0 aliphatic heterocycles. The maximum absolute atomic E-state index is 5.79. The topological polar surface area (TPSA) is 21.6 Å². The van der Waals surface area contributed by atoms with Crippen molar-refractivity contribution < 1.29 is 4.84 Å². The minimum atomic E-state index is 0.448.